The first kappa shape index (κ1) is 54.6. The highest BCUT2D eigenvalue weighted by Crippen LogP contribution is 2.71. The maximum atomic E-state index is 7.49. The van der Waals surface area contributed by atoms with Crippen LogP contribution in [0.3, 0.4) is 0 Å². The fraction of sp³-hybridized carbons (Fsp3) is 0.684. The number of hydrogen-bond donors (Lipinski definition) is 3. The van der Waals surface area contributed by atoms with Crippen LogP contribution >= 0.6 is 0 Å². The van der Waals surface area contributed by atoms with E-state index in [1.807, 2.05) is 50.2 Å². The molecule has 5 fully saturated rings. The van der Waals surface area contributed by atoms with Crippen molar-refractivity contribution in [1.29, 1.82) is 0 Å². The van der Waals surface area contributed by atoms with E-state index in [1.54, 1.807) is 0 Å². The van der Waals surface area contributed by atoms with Crippen LogP contribution in [-0.4, -0.2) is 49.2 Å². The molecule has 0 spiro atoms. The number of fused-ring (bicyclic) bond motifs is 7. The highest BCUT2D eigenvalue weighted by molar-refractivity contribution is 5.76. The van der Waals surface area contributed by atoms with Crippen molar-refractivity contribution in [2.75, 3.05) is 33.2 Å². The monoisotopic (exact) mass is 841 g/mol. The zero-order valence-corrected chi connectivity index (χ0v) is 40.9. The average molecular weight is 841 g/mol. The van der Waals surface area contributed by atoms with Crippen molar-refractivity contribution < 1.29 is 1.43 Å². The molecule has 2 aromatic carbocycles. The van der Waals surface area contributed by atoms with Crippen molar-refractivity contribution in [1.82, 2.24) is 10.2 Å². The van der Waals surface area contributed by atoms with Crippen LogP contribution in [0.2, 0.25) is 0 Å². The highest BCUT2D eigenvalue weighted by Gasteiger charge is 2.65. The molecule has 0 aromatic heterocycles. The van der Waals surface area contributed by atoms with Crippen LogP contribution in [0.1, 0.15) is 166 Å². The van der Waals surface area contributed by atoms with Gasteiger partial charge in [-0.05, 0) is 180 Å². The molecule has 2 aromatic rings. The summed E-state index contributed by atoms with van der Waals surface area (Å²) in [6.07, 6.45) is 19.3. The third-order valence-electron chi connectivity index (χ3n) is 16.0. The van der Waals surface area contributed by atoms with E-state index in [2.05, 4.69) is 121 Å². The summed E-state index contributed by atoms with van der Waals surface area (Å²) in [5.41, 5.74) is 17.9. The van der Waals surface area contributed by atoms with E-state index < -0.39 is 0 Å². The van der Waals surface area contributed by atoms with Gasteiger partial charge in [-0.25, -0.2) is 0 Å². The van der Waals surface area contributed by atoms with E-state index in [4.69, 9.17) is 5.73 Å². The van der Waals surface area contributed by atoms with Gasteiger partial charge in [0.1, 0.15) is 0 Å². The summed E-state index contributed by atoms with van der Waals surface area (Å²) in [6, 6.07) is 21.0. The van der Waals surface area contributed by atoms with E-state index in [0.717, 1.165) is 41.1 Å². The maximum absolute atomic E-state index is 7.49. The van der Waals surface area contributed by atoms with Crippen molar-refractivity contribution >= 4 is 11.1 Å². The Kier molecular flexibility index (Phi) is 22.5. The molecule has 61 heavy (non-hydrogen) atoms. The molecule has 6 aliphatic rings. The second-order valence-corrected chi connectivity index (χ2v) is 20.3. The third-order valence-corrected chi connectivity index (χ3v) is 16.0. The zero-order valence-electron chi connectivity index (χ0n) is 40.9. The highest BCUT2D eigenvalue weighted by atomic mass is 15.1. The van der Waals surface area contributed by atoms with Crippen LogP contribution in [-0.2, 0) is 0 Å². The van der Waals surface area contributed by atoms with Gasteiger partial charge in [0.25, 0.3) is 0 Å². The minimum atomic E-state index is -0.291. The standard InChI is InChI=1S/C41H63N3.C6H6.C4H10.C2H6.C2H4.CH5N.CH4.H2/c1-7-44-26-20-29(27-44)19-25-43-41-21-8-9-35(41)32-14-15-36-38(4,34(32)17-24-41)23-18-37-39(36,5)22-16-33(40(37,6)42)31-12-10-30(11-13-31)28(2)3;1-2-4-6-5-3-1;1-4(2)3;3*1-2;;/h10-13,16,29,32,34-37,43H,2,7-9,14-15,17-27,42H2,1,3-6H3;1-6H;4H,1-3H3;1-2H3;1-2H2;2H2,1H3;1H4;1H. The number of nitrogens with one attached hydrogen (secondary N) is 1. The lowest BCUT2D eigenvalue weighted by molar-refractivity contribution is -0.166. The maximum Gasteiger partial charge on any atom is 0.0417 e. The van der Waals surface area contributed by atoms with E-state index in [0.29, 0.717) is 22.3 Å². The quantitative estimate of drug-likeness (QED) is 0.243. The number of nitrogens with two attached hydrogens (primary N) is 2. The molecule has 10 atom stereocenters. The Morgan fingerprint density at radius 1 is 0.820 bits per heavy atom. The molecule has 1 aliphatic heterocycles. The number of allylic oxidation sites excluding steroid dienone is 2. The summed E-state index contributed by atoms with van der Waals surface area (Å²) in [5, 5.41) is 4.32. The lowest BCUT2D eigenvalue weighted by Crippen LogP contribution is -2.65. The normalized spacial score (nSPS) is 34.2. The lowest BCUT2D eigenvalue weighted by Gasteiger charge is -2.68. The van der Waals surface area contributed by atoms with Crippen LogP contribution in [0.15, 0.2) is 86.5 Å². The molecule has 4 saturated carbocycles. The van der Waals surface area contributed by atoms with Crippen LogP contribution in [0, 0.1) is 52.3 Å². The van der Waals surface area contributed by atoms with Crippen molar-refractivity contribution in [3.8, 4) is 0 Å². The molecule has 0 bridgehead atoms. The van der Waals surface area contributed by atoms with Crippen LogP contribution < -0.4 is 16.8 Å². The molecule has 348 valence electrons. The number of likely N-dealkylation sites (tertiary alicyclic amines) is 1. The summed E-state index contributed by atoms with van der Waals surface area (Å²) in [7, 11) is 1.50. The van der Waals surface area contributed by atoms with Gasteiger partial charge < -0.3 is 21.7 Å². The van der Waals surface area contributed by atoms with Gasteiger partial charge >= 0.3 is 0 Å². The molecular weight excluding hydrogens is 741 g/mol. The molecule has 0 amide bonds. The minimum absolute atomic E-state index is 0. The minimum Gasteiger partial charge on any atom is -0.333 e. The van der Waals surface area contributed by atoms with E-state index in [9.17, 15) is 0 Å². The Balaban J connectivity index is 0.000000926. The number of hydrogen-bond acceptors (Lipinski definition) is 4. The average Bonchev–Trinajstić information content (AvgIpc) is 3.91. The van der Waals surface area contributed by atoms with Crippen molar-refractivity contribution in [3.05, 3.63) is 97.6 Å². The molecule has 4 heteroatoms. The van der Waals surface area contributed by atoms with E-state index in [1.165, 1.54) is 127 Å². The van der Waals surface area contributed by atoms with Gasteiger partial charge in [-0.2, -0.15) is 0 Å². The molecular formula is C57H100N4. The Labute approximate surface area is 380 Å². The van der Waals surface area contributed by atoms with Gasteiger partial charge in [0.2, 0.25) is 0 Å². The predicted molar refractivity (Wildman–Crippen MR) is 276 cm³/mol. The molecule has 10 unspecified atom stereocenters. The number of rotatable bonds is 7. The fourth-order valence-corrected chi connectivity index (χ4v) is 13.6. The Bertz CT molecular complexity index is 1540. The van der Waals surface area contributed by atoms with E-state index in [-0.39, 0.29) is 14.4 Å². The van der Waals surface area contributed by atoms with Gasteiger partial charge in [0, 0.05) is 19.0 Å². The van der Waals surface area contributed by atoms with Crippen LogP contribution in [0.4, 0.5) is 0 Å². The van der Waals surface area contributed by atoms with Gasteiger partial charge in [-0.15, -0.1) is 13.2 Å². The first-order valence-corrected chi connectivity index (χ1v) is 24.6. The second kappa shape index (κ2) is 25.1. The topological polar surface area (TPSA) is 67.3 Å². The van der Waals surface area contributed by atoms with Crippen LogP contribution in [0.25, 0.3) is 11.1 Å². The molecule has 5 N–H and O–H groups in total. The zero-order chi connectivity index (χ0) is 44.7. The second-order valence-electron chi connectivity index (χ2n) is 20.3. The Morgan fingerprint density at radius 2 is 1.41 bits per heavy atom. The summed E-state index contributed by atoms with van der Waals surface area (Å²) < 4.78 is 0. The van der Waals surface area contributed by atoms with E-state index >= 15 is 0 Å². The molecule has 4 nitrogen and oxygen atoms in total. The van der Waals surface area contributed by atoms with Crippen molar-refractivity contribution in [2.24, 2.45) is 63.7 Å². The SMILES string of the molecule is C.C=C.C=C(C)c1ccc(C2=CCC3(C)C(CCC4(C)C5CCC6(NCCC7CCN(CC)C7)CCCC6C5CCC43)C2(C)N)cc1.CC.CC(C)C.CN.[HH].c1ccccc1. The summed E-state index contributed by atoms with van der Waals surface area (Å²) >= 11 is 0. The summed E-state index contributed by atoms with van der Waals surface area (Å²) in [4.78, 5) is 2.65. The van der Waals surface area contributed by atoms with Crippen molar-refractivity contribution in [3.63, 3.8) is 0 Å². The number of benzene rings is 2. The van der Waals surface area contributed by atoms with Gasteiger partial charge in [0.15, 0.2) is 0 Å². The lowest BCUT2D eigenvalue weighted by atomic mass is 9.37. The molecule has 1 heterocycles. The Morgan fingerprint density at radius 3 is 1.95 bits per heavy atom. The van der Waals surface area contributed by atoms with Crippen LogP contribution in [0.5, 0.6) is 0 Å². The summed E-state index contributed by atoms with van der Waals surface area (Å²) in [5.74, 6) is 5.80. The third kappa shape index (κ3) is 12.4. The molecule has 1 saturated heterocycles. The molecule has 0 radical (unpaired) electrons. The smallest absolute Gasteiger partial charge is 0.0417 e. The molecule has 8 rings (SSSR count). The van der Waals surface area contributed by atoms with Gasteiger partial charge in [-0.1, -0.05) is 148 Å². The van der Waals surface area contributed by atoms with Gasteiger partial charge in [0.05, 0.1) is 0 Å². The number of nitrogens with zero attached hydrogens (tertiary/aromatic N) is 1. The Hall–Kier alpha value is -2.50. The van der Waals surface area contributed by atoms with Gasteiger partial charge in [-0.3, -0.25) is 0 Å². The fourth-order valence-electron chi connectivity index (χ4n) is 13.6. The molecule has 5 aliphatic carbocycles. The first-order chi connectivity index (χ1) is 28.7. The summed E-state index contributed by atoms with van der Waals surface area (Å²) in [6.45, 7) is 38.0. The van der Waals surface area contributed by atoms with Crippen molar-refractivity contribution in [2.45, 2.75) is 165 Å². The largest absolute Gasteiger partial charge is 0.333 e. The predicted octanol–water partition coefficient (Wildman–Crippen LogP) is 14.6. The first-order valence-electron chi connectivity index (χ1n) is 24.6.